The van der Waals surface area contributed by atoms with Gasteiger partial charge in [0.1, 0.15) is 0 Å². The van der Waals surface area contributed by atoms with Crippen molar-refractivity contribution in [3.8, 4) is 0 Å². The van der Waals surface area contributed by atoms with Gasteiger partial charge in [-0.05, 0) is 73.5 Å². The van der Waals surface area contributed by atoms with Crippen molar-refractivity contribution in [3.63, 3.8) is 0 Å². The summed E-state index contributed by atoms with van der Waals surface area (Å²) in [6.07, 6.45) is 4.55. The van der Waals surface area contributed by atoms with Crippen molar-refractivity contribution in [1.82, 2.24) is 15.1 Å². The molecule has 3 heterocycles. The van der Waals surface area contributed by atoms with Crippen molar-refractivity contribution in [2.45, 2.75) is 43.2 Å². The summed E-state index contributed by atoms with van der Waals surface area (Å²) in [5.41, 5.74) is 1.75. The molecule has 7 nitrogen and oxygen atoms in total. The fourth-order valence-corrected chi connectivity index (χ4v) is 6.99. The Morgan fingerprint density at radius 1 is 0.975 bits per heavy atom. The third kappa shape index (κ3) is 6.94. The number of carbonyl (C=O) groups is 2. The first-order valence-corrected chi connectivity index (χ1v) is 16.2. The molecule has 1 atom stereocenters. The topological polar surface area (TPSA) is 86.8 Å². The van der Waals surface area contributed by atoms with Crippen molar-refractivity contribution < 1.29 is 18.0 Å². The highest BCUT2D eigenvalue weighted by Gasteiger charge is 2.47. The lowest BCUT2D eigenvalue weighted by molar-refractivity contribution is -0.138. The Hall–Kier alpha value is -2.72. The van der Waals surface area contributed by atoms with Gasteiger partial charge >= 0.3 is 0 Å². The number of rotatable bonds is 9. The van der Waals surface area contributed by atoms with Crippen molar-refractivity contribution in [2.24, 2.45) is 5.41 Å². The molecule has 2 aromatic carbocycles. The van der Waals surface area contributed by atoms with E-state index >= 15 is 0 Å². The van der Waals surface area contributed by atoms with E-state index < -0.39 is 9.84 Å². The Morgan fingerprint density at radius 3 is 2.27 bits per heavy atom. The van der Waals surface area contributed by atoms with Gasteiger partial charge < -0.3 is 15.1 Å². The second-order valence-corrected chi connectivity index (χ2v) is 13.7. The Kier molecular flexibility index (Phi) is 9.72. The van der Waals surface area contributed by atoms with Gasteiger partial charge in [0.05, 0.1) is 21.2 Å². The van der Waals surface area contributed by atoms with Crippen LogP contribution < -0.4 is 5.32 Å². The standard InChI is InChI=1S/C30H35N3O4S2.ClH/c1-39(36,37)25-11-9-23(10-12-25)22-33-20-16-30(29(33)35)14-18-32(19-15-30)17-13-26(24-6-3-2-4-7-24)31-28(34)27-8-5-21-38-27;/h2-12,21,26H,13-20,22H2,1H3,(H,31,34);1H. The van der Waals surface area contributed by atoms with Crippen LogP contribution in [0.2, 0.25) is 0 Å². The van der Waals surface area contributed by atoms with E-state index in [9.17, 15) is 18.0 Å². The number of halogens is 1. The average Bonchev–Trinajstić information content (AvgIpc) is 3.58. The molecular formula is C30H36ClN3O4S2. The minimum atomic E-state index is -3.23. The third-order valence-electron chi connectivity index (χ3n) is 8.13. The number of hydrogen-bond acceptors (Lipinski definition) is 6. The van der Waals surface area contributed by atoms with Gasteiger partial charge in [-0.1, -0.05) is 48.5 Å². The van der Waals surface area contributed by atoms with Gasteiger partial charge in [0.2, 0.25) is 5.91 Å². The van der Waals surface area contributed by atoms with Crippen LogP contribution in [-0.2, 0) is 21.2 Å². The second-order valence-electron chi connectivity index (χ2n) is 10.7. The highest BCUT2D eigenvalue weighted by atomic mass is 35.5. The molecule has 1 unspecified atom stereocenters. The van der Waals surface area contributed by atoms with Gasteiger partial charge in [-0.15, -0.1) is 23.7 Å². The minimum absolute atomic E-state index is 0. The van der Waals surface area contributed by atoms with Crippen LogP contribution in [0.15, 0.2) is 77.0 Å². The van der Waals surface area contributed by atoms with E-state index in [0.29, 0.717) is 16.3 Å². The summed E-state index contributed by atoms with van der Waals surface area (Å²) in [6.45, 7) is 3.82. The van der Waals surface area contributed by atoms with Crippen LogP contribution in [0.1, 0.15) is 52.5 Å². The van der Waals surface area contributed by atoms with Gasteiger partial charge in [0.25, 0.3) is 5.91 Å². The predicted octanol–water partition coefficient (Wildman–Crippen LogP) is 4.95. The smallest absolute Gasteiger partial charge is 0.261 e. The maximum absolute atomic E-state index is 13.5. The number of piperidine rings is 1. The largest absolute Gasteiger partial charge is 0.344 e. The van der Waals surface area contributed by atoms with E-state index in [-0.39, 0.29) is 35.7 Å². The van der Waals surface area contributed by atoms with Crippen molar-refractivity contribution in [2.75, 3.05) is 32.4 Å². The first-order chi connectivity index (χ1) is 18.7. The SMILES string of the molecule is CS(=O)(=O)c1ccc(CN2CCC3(CCN(CCC(NC(=O)c4cccs4)c4ccccc4)CC3)C2=O)cc1.Cl. The molecule has 5 rings (SSSR count). The molecule has 1 aromatic heterocycles. The summed E-state index contributed by atoms with van der Waals surface area (Å²) >= 11 is 1.44. The molecule has 2 saturated heterocycles. The van der Waals surface area contributed by atoms with Crippen LogP contribution in [0.4, 0.5) is 0 Å². The van der Waals surface area contributed by atoms with E-state index in [1.807, 2.05) is 40.6 Å². The Morgan fingerprint density at radius 2 is 1.65 bits per heavy atom. The Labute approximate surface area is 246 Å². The van der Waals surface area contributed by atoms with Gasteiger partial charge in [0, 0.05) is 25.9 Å². The van der Waals surface area contributed by atoms with Crippen LogP contribution in [0, 0.1) is 5.41 Å². The highest BCUT2D eigenvalue weighted by molar-refractivity contribution is 7.90. The molecule has 0 saturated carbocycles. The molecule has 2 aliphatic rings. The van der Waals surface area contributed by atoms with Crippen molar-refractivity contribution >= 4 is 45.4 Å². The minimum Gasteiger partial charge on any atom is -0.344 e. The summed E-state index contributed by atoms with van der Waals surface area (Å²) in [7, 11) is -3.23. The number of sulfone groups is 1. The third-order valence-corrected chi connectivity index (χ3v) is 10.1. The number of benzene rings is 2. The van der Waals surface area contributed by atoms with E-state index in [4.69, 9.17) is 0 Å². The van der Waals surface area contributed by atoms with E-state index in [2.05, 4.69) is 22.3 Å². The zero-order chi connectivity index (χ0) is 27.5. The van der Waals surface area contributed by atoms with E-state index in [1.54, 1.807) is 24.3 Å². The number of nitrogens with zero attached hydrogens (tertiary/aromatic N) is 2. The zero-order valence-electron chi connectivity index (χ0n) is 22.6. The van der Waals surface area contributed by atoms with Crippen LogP contribution in [0.25, 0.3) is 0 Å². The number of nitrogens with one attached hydrogen (secondary N) is 1. The lowest BCUT2D eigenvalue weighted by Gasteiger charge is -2.38. The zero-order valence-corrected chi connectivity index (χ0v) is 25.1. The highest BCUT2D eigenvalue weighted by Crippen LogP contribution is 2.42. The van der Waals surface area contributed by atoms with Gasteiger partial charge in [-0.2, -0.15) is 0 Å². The number of carbonyl (C=O) groups excluding carboxylic acids is 2. The van der Waals surface area contributed by atoms with Crippen LogP contribution in [0.5, 0.6) is 0 Å². The first-order valence-electron chi connectivity index (χ1n) is 13.4. The molecule has 214 valence electrons. The summed E-state index contributed by atoms with van der Waals surface area (Å²) < 4.78 is 23.5. The molecule has 3 aromatic rings. The molecule has 1 N–H and O–H groups in total. The van der Waals surface area contributed by atoms with Crippen molar-refractivity contribution in [3.05, 3.63) is 88.1 Å². The van der Waals surface area contributed by atoms with Crippen LogP contribution in [-0.4, -0.2) is 62.5 Å². The maximum atomic E-state index is 13.5. The summed E-state index contributed by atoms with van der Waals surface area (Å²) in [4.78, 5) is 31.6. The fraction of sp³-hybridized carbons (Fsp3) is 0.400. The quantitative estimate of drug-likeness (QED) is 0.375. The maximum Gasteiger partial charge on any atom is 0.261 e. The molecule has 0 bridgehead atoms. The number of likely N-dealkylation sites (tertiary alicyclic amines) is 2. The molecule has 10 heteroatoms. The second kappa shape index (κ2) is 12.9. The molecule has 0 radical (unpaired) electrons. The molecule has 40 heavy (non-hydrogen) atoms. The number of thiophene rings is 1. The van der Waals surface area contributed by atoms with Crippen molar-refractivity contribution in [1.29, 1.82) is 0 Å². The van der Waals surface area contributed by atoms with Crippen LogP contribution in [0.3, 0.4) is 0 Å². The van der Waals surface area contributed by atoms with Gasteiger partial charge in [0.15, 0.2) is 9.84 Å². The molecule has 1 spiro atoms. The molecule has 0 aliphatic carbocycles. The van der Waals surface area contributed by atoms with Gasteiger partial charge in [-0.3, -0.25) is 9.59 Å². The fourth-order valence-electron chi connectivity index (χ4n) is 5.73. The average molecular weight is 602 g/mol. The number of hydrogen-bond donors (Lipinski definition) is 1. The molecule has 2 fully saturated rings. The Balaban J connectivity index is 0.00000370. The van der Waals surface area contributed by atoms with Gasteiger partial charge in [-0.25, -0.2) is 8.42 Å². The summed E-state index contributed by atoms with van der Waals surface area (Å²) in [5.74, 6) is 0.179. The Bertz CT molecular complexity index is 1390. The lowest BCUT2D eigenvalue weighted by Crippen LogP contribution is -2.45. The predicted molar refractivity (Wildman–Crippen MR) is 161 cm³/mol. The monoisotopic (exact) mass is 601 g/mol. The van der Waals surface area contributed by atoms with Crippen LogP contribution >= 0.6 is 23.7 Å². The molecule has 2 amide bonds. The van der Waals surface area contributed by atoms with E-state index in [1.165, 1.54) is 17.6 Å². The van der Waals surface area contributed by atoms with E-state index in [0.717, 1.165) is 63.0 Å². The normalized spacial score (nSPS) is 17.9. The summed E-state index contributed by atoms with van der Waals surface area (Å²) in [5, 5.41) is 5.13. The molecule has 2 aliphatic heterocycles. The lowest BCUT2D eigenvalue weighted by atomic mass is 9.77. The molecular weight excluding hydrogens is 566 g/mol. The summed E-state index contributed by atoms with van der Waals surface area (Å²) in [6, 6.07) is 20.6. The first kappa shape index (κ1) is 30.2. The number of amides is 2.